The van der Waals surface area contributed by atoms with Crippen molar-refractivity contribution in [1.82, 2.24) is 19.8 Å². The van der Waals surface area contributed by atoms with Gasteiger partial charge in [0.25, 0.3) is 0 Å². The van der Waals surface area contributed by atoms with Crippen molar-refractivity contribution >= 4 is 33.9 Å². The van der Waals surface area contributed by atoms with E-state index < -0.39 is 0 Å². The number of nitrogens with zero attached hydrogens (tertiary/aromatic N) is 3. The van der Waals surface area contributed by atoms with Crippen molar-refractivity contribution in [2.75, 3.05) is 38.5 Å². The second-order valence-corrected chi connectivity index (χ2v) is 10.0. The van der Waals surface area contributed by atoms with Gasteiger partial charge in [-0.05, 0) is 73.3 Å². The van der Waals surface area contributed by atoms with Crippen LogP contribution in [0, 0.1) is 6.92 Å². The van der Waals surface area contributed by atoms with Crippen LogP contribution >= 0.6 is 12.2 Å². The molecule has 1 aliphatic rings. The van der Waals surface area contributed by atoms with Gasteiger partial charge >= 0.3 is 0 Å². The van der Waals surface area contributed by atoms with E-state index in [-0.39, 0.29) is 0 Å². The van der Waals surface area contributed by atoms with Crippen molar-refractivity contribution in [3.05, 3.63) is 94.8 Å². The Kier molecular flexibility index (Phi) is 7.23. The summed E-state index contributed by atoms with van der Waals surface area (Å²) in [5, 5.41) is 4.61. The smallest absolute Gasteiger partial charge is 0.137 e. The zero-order valence-corrected chi connectivity index (χ0v) is 21.4. The Morgan fingerprint density at radius 3 is 2.57 bits per heavy atom. The number of piperazine rings is 1. The van der Waals surface area contributed by atoms with E-state index in [1.165, 1.54) is 22.3 Å². The van der Waals surface area contributed by atoms with Crippen molar-refractivity contribution in [3.63, 3.8) is 0 Å². The van der Waals surface area contributed by atoms with Crippen LogP contribution in [0.1, 0.15) is 27.8 Å². The summed E-state index contributed by atoms with van der Waals surface area (Å²) in [7, 11) is 2.19. The molecule has 180 valence electrons. The number of hydrogen-bond donors (Lipinski definition) is 2. The first-order chi connectivity index (χ1) is 17.0. The number of H-pyrrole nitrogens is 1. The van der Waals surface area contributed by atoms with Gasteiger partial charge in [0.2, 0.25) is 0 Å². The number of fused-ring (bicyclic) bond motifs is 1. The summed E-state index contributed by atoms with van der Waals surface area (Å²) in [6.45, 7) is 7.72. The molecule has 1 saturated heterocycles. The fraction of sp³-hybridized carbons (Fsp3) is 0.310. The number of aromatic amines is 1. The Morgan fingerprint density at radius 2 is 1.77 bits per heavy atom. The fourth-order valence-corrected chi connectivity index (χ4v) is 4.90. The van der Waals surface area contributed by atoms with Gasteiger partial charge in [-0.15, -0.1) is 0 Å². The number of aryl methyl sites for hydroxylation is 3. The molecule has 3 heterocycles. The van der Waals surface area contributed by atoms with Crippen LogP contribution < -0.4 is 5.32 Å². The van der Waals surface area contributed by atoms with Crippen LogP contribution in [0.3, 0.4) is 0 Å². The molecule has 0 amide bonds. The molecular weight excluding hydrogens is 450 g/mol. The van der Waals surface area contributed by atoms with Gasteiger partial charge in [-0.1, -0.05) is 42.5 Å². The van der Waals surface area contributed by atoms with Crippen molar-refractivity contribution in [2.45, 2.75) is 26.3 Å². The van der Waals surface area contributed by atoms with Crippen molar-refractivity contribution in [3.8, 4) is 0 Å². The molecule has 0 aliphatic carbocycles. The van der Waals surface area contributed by atoms with Crippen molar-refractivity contribution in [1.29, 1.82) is 0 Å². The third-order valence-corrected chi connectivity index (χ3v) is 7.30. The van der Waals surface area contributed by atoms with Crippen LogP contribution in [-0.2, 0) is 19.4 Å². The Hall–Kier alpha value is -3.06. The topological polar surface area (TPSA) is 47.2 Å². The lowest BCUT2D eigenvalue weighted by atomic mass is 10.00. The summed E-state index contributed by atoms with van der Waals surface area (Å²) in [4.78, 5) is 13.3. The molecule has 35 heavy (non-hydrogen) atoms. The molecule has 0 atom stereocenters. The van der Waals surface area contributed by atoms with Crippen LogP contribution in [-0.4, -0.2) is 58.0 Å². The van der Waals surface area contributed by atoms with Gasteiger partial charge in [-0.25, -0.2) is 4.98 Å². The van der Waals surface area contributed by atoms with Crippen molar-refractivity contribution in [2.24, 2.45) is 0 Å². The highest BCUT2D eigenvalue weighted by molar-refractivity contribution is 7.81. The van der Waals surface area contributed by atoms with Gasteiger partial charge in [0.1, 0.15) is 10.6 Å². The molecule has 2 aromatic heterocycles. The Labute approximate surface area is 213 Å². The Morgan fingerprint density at radius 1 is 0.971 bits per heavy atom. The zero-order chi connectivity index (χ0) is 24.2. The number of rotatable bonds is 7. The van der Waals surface area contributed by atoms with Crippen LogP contribution in [0.2, 0.25) is 0 Å². The summed E-state index contributed by atoms with van der Waals surface area (Å²) >= 11 is 5.74. The van der Waals surface area contributed by atoms with Crippen LogP contribution in [0.4, 0.5) is 5.69 Å². The predicted molar refractivity (Wildman–Crippen MR) is 149 cm³/mol. The van der Waals surface area contributed by atoms with Crippen LogP contribution in [0.5, 0.6) is 0 Å². The summed E-state index contributed by atoms with van der Waals surface area (Å²) in [5.41, 5.74) is 8.25. The van der Waals surface area contributed by atoms with E-state index in [0.29, 0.717) is 0 Å². The van der Waals surface area contributed by atoms with Crippen LogP contribution in [0.25, 0.3) is 11.0 Å². The minimum atomic E-state index is 0.757. The first kappa shape index (κ1) is 23.7. The predicted octanol–water partition coefficient (Wildman–Crippen LogP) is 5.19. The van der Waals surface area contributed by atoms with E-state index in [4.69, 9.17) is 12.2 Å². The first-order valence-electron chi connectivity index (χ1n) is 12.4. The molecule has 5 nitrogen and oxygen atoms in total. The first-order valence-corrected chi connectivity index (χ1v) is 12.8. The molecule has 2 N–H and O–H groups in total. The molecule has 0 bridgehead atoms. The maximum atomic E-state index is 5.74. The molecule has 4 aromatic rings. The normalized spacial score (nSPS) is 14.9. The minimum absolute atomic E-state index is 0.757. The number of likely N-dealkylation sites (N-methyl/N-ethyl adjacent to an activating group) is 1. The van der Waals surface area contributed by atoms with Gasteiger partial charge in [-0.3, -0.25) is 4.90 Å². The largest absolute Gasteiger partial charge is 0.346 e. The highest BCUT2D eigenvalue weighted by Crippen LogP contribution is 2.20. The molecule has 2 aromatic carbocycles. The fourth-order valence-electron chi connectivity index (χ4n) is 4.65. The Bertz CT molecular complexity index is 1300. The highest BCUT2D eigenvalue weighted by Gasteiger charge is 2.14. The molecule has 0 spiro atoms. The van der Waals surface area contributed by atoms with E-state index in [0.717, 1.165) is 72.8 Å². The number of benzene rings is 2. The van der Waals surface area contributed by atoms with Gasteiger partial charge in [0.05, 0.1) is 0 Å². The molecule has 1 fully saturated rings. The molecule has 1 aliphatic heterocycles. The van der Waals surface area contributed by atoms with Gasteiger partial charge in [-0.2, -0.15) is 0 Å². The quantitative estimate of drug-likeness (QED) is 0.354. The number of thiocarbonyl (C=S) groups is 1. The SMILES string of the molecule is Cc1ccc(NC(=S)c2ccc(CN3CCN(C)CC3)cc2)cc1CCc1cnc2[nH]ccc2c1. The molecule has 0 saturated carbocycles. The minimum Gasteiger partial charge on any atom is -0.346 e. The lowest BCUT2D eigenvalue weighted by Crippen LogP contribution is -2.43. The maximum absolute atomic E-state index is 5.74. The van der Waals surface area contributed by atoms with Gasteiger partial charge in [0.15, 0.2) is 0 Å². The van der Waals surface area contributed by atoms with Crippen LogP contribution in [0.15, 0.2) is 67.0 Å². The summed E-state index contributed by atoms with van der Waals surface area (Å²) < 4.78 is 0. The molecule has 0 radical (unpaired) electrons. The number of pyridine rings is 1. The second kappa shape index (κ2) is 10.7. The average Bonchev–Trinajstić information content (AvgIpc) is 3.34. The molecular formula is C29H33N5S. The lowest BCUT2D eigenvalue weighted by Gasteiger charge is -2.32. The third-order valence-electron chi connectivity index (χ3n) is 6.96. The van der Waals surface area contributed by atoms with E-state index in [9.17, 15) is 0 Å². The highest BCUT2D eigenvalue weighted by atomic mass is 32.1. The standard InChI is InChI=1S/C29H33N5S/c1-21-3-10-27(18-25(21)9-6-23-17-26-11-12-30-28(26)31-19-23)32-29(35)24-7-4-22(5-8-24)20-34-15-13-33(2)14-16-34/h3-5,7-8,10-12,17-19H,6,9,13-16,20H2,1-2H3,(H,30,31)(H,32,35). The van der Waals surface area contributed by atoms with E-state index >= 15 is 0 Å². The van der Waals surface area contributed by atoms with E-state index in [2.05, 4.69) is 93.7 Å². The van der Waals surface area contributed by atoms with Gasteiger partial charge < -0.3 is 15.2 Å². The monoisotopic (exact) mass is 483 g/mol. The van der Waals surface area contributed by atoms with E-state index in [1.54, 1.807) is 0 Å². The number of nitrogens with one attached hydrogen (secondary N) is 2. The third kappa shape index (κ3) is 5.96. The lowest BCUT2D eigenvalue weighted by molar-refractivity contribution is 0.148. The van der Waals surface area contributed by atoms with E-state index in [1.807, 2.05) is 12.4 Å². The summed E-state index contributed by atoms with van der Waals surface area (Å²) in [5.74, 6) is 0. The van der Waals surface area contributed by atoms with Crippen molar-refractivity contribution < 1.29 is 0 Å². The summed E-state index contributed by atoms with van der Waals surface area (Å²) in [6, 6.07) is 19.5. The maximum Gasteiger partial charge on any atom is 0.137 e. The number of aromatic nitrogens is 2. The molecule has 5 rings (SSSR count). The second-order valence-electron chi connectivity index (χ2n) is 9.63. The average molecular weight is 484 g/mol. The zero-order valence-electron chi connectivity index (χ0n) is 20.6. The van der Waals surface area contributed by atoms with Gasteiger partial charge in [0, 0.05) is 61.8 Å². The number of hydrogen-bond acceptors (Lipinski definition) is 4. The Balaban J connectivity index is 1.19. The molecule has 6 heteroatoms. The number of anilines is 1. The summed E-state index contributed by atoms with van der Waals surface area (Å²) in [6.07, 6.45) is 5.83. The molecule has 0 unspecified atom stereocenters.